The van der Waals surface area contributed by atoms with E-state index < -0.39 is 5.41 Å². The van der Waals surface area contributed by atoms with Crippen LogP contribution in [-0.2, 0) is 5.41 Å². The van der Waals surface area contributed by atoms with Crippen LogP contribution in [0.3, 0.4) is 0 Å². The second-order valence-corrected chi connectivity index (χ2v) is 15.5. The number of fused-ring (bicyclic) bond motifs is 11. The summed E-state index contributed by atoms with van der Waals surface area (Å²) < 4.78 is 0. The monoisotopic (exact) mass is 749 g/mol. The minimum atomic E-state index is -0.404. The number of aromatic nitrogens is 3. The molecule has 10 aromatic rings. The normalized spacial score (nSPS) is 12.9. The predicted octanol–water partition coefficient (Wildman–Crippen LogP) is 13.7. The lowest BCUT2D eigenvalue weighted by atomic mass is 9.70. The van der Waals surface area contributed by atoms with Gasteiger partial charge in [0.15, 0.2) is 17.5 Å². The van der Waals surface area contributed by atoms with E-state index in [0.29, 0.717) is 17.5 Å². The quantitative estimate of drug-likeness (QED) is 0.176. The number of nitrogens with zero attached hydrogens (tertiary/aromatic N) is 3. The maximum absolute atomic E-state index is 5.26. The molecule has 3 heteroatoms. The molecule has 0 atom stereocenters. The Labute approximate surface area is 343 Å². The van der Waals surface area contributed by atoms with Crippen LogP contribution in [0, 0.1) is 0 Å². The molecule has 0 unspecified atom stereocenters. The second-order valence-electron chi connectivity index (χ2n) is 15.5. The Morgan fingerprint density at radius 2 is 0.661 bits per heavy atom. The highest BCUT2D eigenvalue weighted by atomic mass is 15.0. The van der Waals surface area contributed by atoms with Crippen molar-refractivity contribution < 1.29 is 0 Å². The number of benzene rings is 9. The standard InChI is InChI=1S/C56H35N3/c1-3-16-36(17-4-1)41-32-33-48(43-23-8-7-22-42(41)43)55-58-53(37-18-5-2-6-19-37)57-54(59-55)40-21-15-20-38(34-40)39-30-31-47-46-26-11-14-29-51(46)56(52(47)35-39)49-27-12-9-24-44(49)45-25-10-13-28-50(45)56/h1-35H. The molecular formula is C56H35N3. The van der Waals surface area contributed by atoms with Gasteiger partial charge in [-0.05, 0) is 95.7 Å². The van der Waals surface area contributed by atoms with Crippen LogP contribution < -0.4 is 0 Å². The summed E-state index contributed by atoms with van der Waals surface area (Å²) in [6.07, 6.45) is 0. The molecule has 0 saturated heterocycles. The van der Waals surface area contributed by atoms with Crippen LogP contribution in [0.2, 0.25) is 0 Å². The van der Waals surface area contributed by atoms with Gasteiger partial charge in [0.25, 0.3) is 0 Å². The minimum Gasteiger partial charge on any atom is -0.208 e. The smallest absolute Gasteiger partial charge is 0.164 e. The molecule has 1 aromatic heterocycles. The van der Waals surface area contributed by atoms with Crippen molar-refractivity contribution in [2.45, 2.75) is 5.41 Å². The third-order valence-electron chi connectivity index (χ3n) is 12.4. The Morgan fingerprint density at radius 3 is 1.31 bits per heavy atom. The van der Waals surface area contributed by atoms with E-state index in [2.05, 4.69) is 194 Å². The SMILES string of the molecule is c1ccc(-c2nc(-c3cccc(-c4ccc5c(c4)C4(c6ccccc6-c6ccccc64)c4ccccc4-5)c3)nc(-c3ccc(-c4ccccc4)c4ccccc34)n2)cc1. The number of hydrogen-bond acceptors (Lipinski definition) is 3. The summed E-state index contributed by atoms with van der Waals surface area (Å²) >= 11 is 0. The molecule has 0 saturated carbocycles. The van der Waals surface area contributed by atoms with Gasteiger partial charge in [-0.2, -0.15) is 0 Å². The number of rotatable bonds is 5. The van der Waals surface area contributed by atoms with Crippen molar-refractivity contribution in [1.82, 2.24) is 15.0 Å². The molecular weight excluding hydrogens is 715 g/mol. The summed E-state index contributed by atoms with van der Waals surface area (Å²) in [6.45, 7) is 0. The van der Waals surface area contributed by atoms with Gasteiger partial charge in [-0.15, -0.1) is 0 Å². The molecule has 2 aliphatic rings. The molecule has 3 nitrogen and oxygen atoms in total. The molecule has 0 bridgehead atoms. The fourth-order valence-corrected chi connectivity index (χ4v) is 9.82. The summed E-state index contributed by atoms with van der Waals surface area (Å²) in [4.78, 5) is 15.6. The third-order valence-corrected chi connectivity index (χ3v) is 12.4. The molecule has 1 spiro atoms. The largest absolute Gasteiger partial charge is 0.208 e. The topological polar surface area (TPSA) is 38.7 Å². The lowest BCUT2D eigenvalue weighted by Crippen LogP contribution is -2.25. The highest BCUT2D eigenvalue weighted by Crippen LogP contribution is 2.63. The van der Waals surface area contributed by atoms with Gasteiger partial charge in [-0.1, -0.05) is 194 Å². The molecule has 0 amide bonds. The van der Waals surface area contributed by atoms with Crippen LogP contribution in [0.15, 0.2) is 212 Å². The maximum Gasteiger partial charge on any atom is 0.164 e. The Balaban J connectivity index is 1.02. The van der Waals surface area contributed by atoms with Crippen LogP contribution >= 0.6 is 0 Å². The zero-order chi connectivity index (χ0) is 38.9. The van der Waals surface area contributed by atoms with Gasteiger partial charge in [0, 0.05) is 16.7 Å². The van der Waals surface area contributed by atoms with E-state index in [4.69, 9.17) is 15.0 Å². The molecule has 0 N–H and O–H groups in total. The van der Waals surface area contributed by atoms with Gasteiger partial charge < -0.3 is 0 Å². The molecule has 274 valence electrons. The van der Waals surface area contributed by atoms with Crippen LogP contribution in [0.5, 0.6) is 0 Å². The molecule has 0 aliphatic heterocycles. The van der Waals surface area contributed by atoms with Gasteiger partial charge in [0.2, 0.25) is 0 Å². The zero-order valence-corrected chi connectivity index (χ0v) is 32.0. The van der Waals surface area contributed by atoms with E-state index >= 15 is 0 Å². The van der Waals surface area contributed by atoms with Gasteiger partial charge in [0.1, 0.15) is 0 Å². The van der Waals surface area contributed by atoms with Crippen LogP contribution in [-0.4, -0.2) is 15.0 Å². The molecule has 1 heterocycles. The van der Waals surface area contributed by atoms with Crippen molar-refractivity contribution in [1.29, 1.82) is 0 Å². The lowest BCUT2D eigenvalue weighted by Gasteiger charge is -2.30. The summed E-state index contributed by atoms with van der Waals surface area (Å²) in [6, 6.07) is 76.3. The molecule has 0 radical (unpaired) electrons. The van der Waals surface area contributed by atoms with E-state index in [1.165, 1.54) is 55.6 Å². The molecule has 12 rings (SSSR count). The number of hydrogen-bond donors (Lipinski definition) is 0. The first-order valence-electron chi connectivity index (χ1n) is 20.2. The molecule has 9 aromatic carbocycles. The summed E-state index contributed by atoms with van der Waals surface area (Å²) in [5, 5.41) is 2.26. The van der Waals surface area contributed by atoms with Gasteiger partial charge >= 0.3 is 0 Å². The average molecular weight is 750 g/mol. The molecule has 0 fully saturated rings. The van der Waals surface area contributed by atoms with E-state index in [9.17, 15) is 0 Å². The average Bonchev–Trinajstić information content (AvgIpc) is 3.79. The Morgan fingerprint density at radius 1 is 0.237 bits per heavy atom. The fraction of sp³-hybridized carbons (Fsp3) is 0.0179. The maximum atomic E-state index is 5.26. The van der Waals surface area contributed by atoms with Crippen molar-refractivity contribution in [3.63, 3.8) is 0 Å². The van der Waals surface area contributed by atoms with Crippen molar-refractivity contribution in [2.75, 3.05) is 0 Å². The summed E-state index contributed by atoms with van der Waals surface area (Å²) in [5.74, 6) is 1.92. The highest BCUT2D eigenvalue weighted by Gasteiger charge is 2.51. The second kappa shape index (κ2) is 13.2. The fourth-order valence-electron chi connectivity index (χ4n) is 9.82. The predicted molar refractivity (Wildman–Crippen MR) is 241 cm³/mol. The third kappa shape index (κ3) is 5.05. The Bertz CT molecular complexity index is 3210. The molecule has 2 aliphatic carbocycles. The van der Waals surface area contributed by atoms with Crippen LogP contribution in [0.1, 0.15) is 22.3 Å². The summed E-state index contributed by atoms with van der Waals surface area (Å²) in [5.41, 5.74) is 17.6. The van der Waals surface area contributed by atoms with Crippen LogP contribution in [0.25, 0.3) is 89.4 Å². The van der Waals surface area contributed by atoms with Crippen molar-refractivity contribution in [3.05, 3.63) is 235 Å². The van der Waals surface area contributed by atoms with E-state index in [1.807, 2.05) is 18.2 Å². The highest BCUT2D eigenvalue weighted by molar-refractivity contribution is 6.04. The first kappa shape index (κ1) is 33.4. The van der Waals surface area contributed by atoms with Crippen molar-refractivity contribution in [2.24, 2.45) is 0 Å². The summed E-state index contributed by atoms with van der Waals surface area (Å²) in [7, 11) is 0. The Kier molecular flexibility index (Phi) is 7.45. The van der Waals surface area contributed by atoms with E-state index in [-0.39, 0.29) is 0 Å². The minimum absolute atomic E-state index is 0.404. The van der Waals surface area contributed by atoms with Gasteiger partial charge in [0.05, 0.1) is 5.41 Å². The zero-order valence-electron chi connectivity index (χ0n) is 32.0. The lowest BCUT2D eigenvalue weighted by molar-refractivity contribution is 0.794. The van der Waals surface area contributed by atoms with Gasteiger partial charge in [-0.3, -0.25) is 0 Å². The van der Waals surface area contributed by atoms with Gasteiger partial charge in [-0.25, -0.2) is 15.0 Å². The van der Waals surface area contributed by atoms with Crippen molar-refractivity contribution >= 4 is 10.8 Å². The van der Waals surface area contributed by atoms with E-state index in [1.54, 1.807) is 0 Å². The van der Waals surface area contributed by atoms with Crippen molar-refractivity contribution in [3.8, 4) is 78.7 Å². The first-order valence-corrected chi connectivity index (χ1v) is 20.2. The van der Waals surface area contributed by atoms with E-state index in [0.717, 1.165) is 38.6 Å². The molecule has 59 heavy (non-hydrogen) atoms. The Hall–Kier alpha value is -7.75. The van der Waals surface area contributed by atoms with Crippen LogP contribution in [0.4, 0.5) is 0 Å². The first-order chi connectivity index (χ1) is 29.3.